The Balaban J connectivity index is 2.36. The van der Waals surface area contributed by atoms with E-state index in [1.54, 1.807) is 0 Å². The maximum Gasteiger partial charge on any atom is 0.175 e. The Morgan fingerprint density at radius 1 is 1.07 bits per heavy atom. The highest BCUT2D eigenvalue weighted by atomic mass is 32.1. The number of hydrogen-bond acceptors (Lipinski definition) is 2. The smallest absolute Gasteiger partial charge is 0.175 e. The zero-order valence-electron chi connectivity index (χ0n) is 9.87. The van der Waals surface area contributed by atoms with Crippen LogP contribution in [0.1, 0.15) is 39.5 Å². The van der Waals surface area contributed by atoms with Crippen molar-refractivity contribution in [3.8, 4) is 0 Å². The van der Waals surface area contributed by atoms with Crippen molar-refractivity contribution in [1.29, 1.82) is 0 Å². The van der Waals surface area contributed by atoms with Gasteiger partial charge in [0.15, 0.2) is 5.11 Å². The van der Waals surface area contributed by atoms with Crippen molar-refractivity contribution in [3.05, 3.63) is 0 Å². The molecule has 3 nitrogen and oxygen atoms in total. The molecule has 0 aromatic rings. The molecule has 15 heavy (non-hydrogen) atoms. The van der Waals surface area contributed by atoms with Gasteiger partial charge in [-0.2, -0.15) is 0 Å². The first-order valence-corrected chi connectivity index (χ1v) is 6.32. The van der Waals surface area contributed by atoms with Crippen LogP contribution in [0.5, 0.6) is 0 Å². The quantitative estimate of drug-likeness (QED) is 0.651. The molecular weight excluding hydrogens is 208 g/mol. The number of hydrogen-bond donors (Lipinski definition) is 0. The molecule has 1 aliphatic rings. The molecule has 1 heterocycles. The van der Waals surface area contributed by atoms with Gasteiger partial charge in [-0.05, 0) is 25.1 Å². The van der Waals surface area contributed by atoms with Gasteiger partial charge in [0.05, 0.1) is 0 Å². The summed E-state index contributed by atoms with van der Waals surface area (Å²) in [5.74, 6) is 0. The lowest BCUT2D eigenvalue weighted by molar-refractivity contribution is -0.0238. The summed E-state index contributed by atoms with van der Waals surface area (Å²) in [6, 6.07) is 0. The van der Waals surface area contributed by atoms with Gasteiger partial charge in [-0.3, -0.25) is 0 Å². The van der Waals surface area contributed by atoms with Gasteiger partial charge in [0.25, 0.3) is 0 Å². The molecule has 0 spiro atoms. The second-order valence-corrected chi connectivity index (χ2v) is 4.34. The average molecular weight is 230 g/mol. The first-order valence-electron chi connectivity index (χ1n) is 5.91. The summed E-state index contributed by atoms with van der Waals surface area (Å²) in [6.45, 7) is 7.78. The van der Waals surface area contributed by atoms with E-state index in [9.17, 15) is 0 Å². The Morgan fingerprint density at radius 3 is 1.93 bits per heavy atom. The molecule has 0 aliphatic carbocycles. The Bertz CT molecular complexity index is 181. The zero-order valence-corrected chi connectivity index (χ0v) is 10.7. The number of thiocarbonyl (C=S) groups is 1. The van der Waals surface area contributed by atoms with Crippen LogP contribution >= 0.6 is 12.2 Å². The maximum atomic E-state index is 5.52. The van der Waals surface area contributed by atoms with E-state index in [-0.39, 0.29) is 0 Å². The molecule has 1 saturated heterocycles. The fourth-order valence-corrected chi connectivity index (χ4v) is 1.88. The van der Waals surface area contributed by atoms with Crippen LogP contribution in [0, 0.1) is 0 Å². The summed E-state index contributed by atoms with van der Waals surface area (Å²) < 4.78 is 5.52. The van der Waals surface area contributed by atoms with Crippen molar-refractivity contribution in [3.63, 3.8) is 0 Å². The molecule has 0 unspecified atom stereocenters. The maximum absolute atomic E-state index is 5.52. The molecule has 0 aromatic heterocycles. The van der Waals surface area contributed by atoms with Gasteiger partial charge in [-0.15, -0.1) is 0 Å². The van der Waals surface area contributed by atoms with E-state index in [2.05, 4.69) is 23.6 Å². The number of nitrogens with zero attached hydrogens (tertiary/aromatic N) is 2. The van der Waals surface area contributed by atoms with E-state index in [1.165, 1.54) is 25.7 Å². The molecule has 1 fully saturated rings. The van der Waals surface area contributed by atoms with Crippen molar-refractivity contribution in [1.82, 2.24) is 9.80 Å². The lowest BCUT2D eigenvalue weighted by atomic mass is 10.3. The van der Waals surface area contributed by atoms with Gasteiger partial charge >= 0.3 is 0 Å². The number of ether oxygens (including phenoxy) is 1. The zero-order chi connectivity index (χ0) is 11.1. The van der Waals surface area contributed by atoms with E-state index in [4.69, 9.17) is 17.0 Å². The van der Waals surface area contributed by atoms with Gasteiger partial charge in [-0.1, -0.05) is 26.7 Å². The molecule has 4 heteroatoms. The highest BCUT2D eigenvalue weighted by Crippen LogP contribution is 2.09. The minimum atomic E-state index is 0.668. The van der Waals surface area contributed by atoms with Crippen LogP contribution in [0.3, 0.4) is 0 Å². The predicted octanol–water partition coefficient (Wildman–Crippen LogP) is 2.42. The molecule has 0 radical (unpaired) electrons. The number of rotatable bonds is 6. The van der Waals surface area contributed by atoms with E-state index in [1.807, 2.05) is 0 Å². The lowest BCUT2D eigenvalue weighted by Crippen LogP contribution is -2.50. The van der Waals surface area contributed by atoms with Crippen LogP contribution in [-0.4, -0.2) is 41.5 Å². The van der Waals surface area contributed by atoms with Crippen LogP contribution in [0.15, 0.2) is 0 Å². The van der Waals surface area contributed by atoms with Gasteiger partial charge in [0, 0.05) is 13.1 Å². The fraction of sp³-hybridized carbons (Fsp3) is 0.909. The average Bonchev–Trinajstić information content (AvgIpc) is 2.26. The summed E-state index contributed by atoms with van der Waals surface area (Å²) >= 11 is 5.45. The summed E-state index contributed by atoms with van der Waals surface area (Å²) in [5, 5.41) is 0.975. The van der Waals surface area contributed by atoms with Crippen molar-refractivity contribution in [2.45, 2.75) is 39.5 Å². The van der Waals surface area contributed by atoms with Crippen molar-refractivity contribution in [2.75, 3.05) is 26.6 Å². The third kappa shape index (κ3) is 3.95. The first-order chi connectivity index (χ1) is 7.29. The van der Waals surface area contributed by atoms with Crippen LogP contribution in [0.25, 0.3) is 0 Å². The summed E-state index contributed by atoms with van der Waals surface area (Å²) in [4.78, 5) is 4.33. The lowest BCUT2D eigenvalue weighted by Gasteiger charge is -2.38. The molecule has 1 aliphatic heterocycles. The molecular formula is C11H22N2OS. The second kappa shape index (κ2) is 7.01. The largest absolute Gasteiger partial charge is 0.341 e. The van der Waals surface area contributed by atoms with Gasteiger partial charge in [0.1, 0.15) is 13.5 Å². The van der Waals surface area contributed by atoms with Crippen LogP contribution in [-0.2, 0) is 4.74 Å². The SMILES string of the molecule is CCCCN1COCN(CCCC)C1=S. The van der Waals surface area contributed by atoms with Crippen molar-refractivity contribution < 1.29 is 4.74 Å². The molecule has 0 bridgehead atoms. The van der Waals surface area contributed by atoms with Gasteiger partial charge in [0.2, 0.25) is 0 Å². The molecule has 1 rings (SSSR count). The first kappa shape index (κ1) is 12.7. The number of unbranched alkanes of at least 4 members (excludes halogenated alkanes) is 2. The Hall–Kier alpha value is -0.350. The predicted molar refractivity (Wildman–Crippen MR) is 66.6 cm³/mol. The van der Waals surface area contributed by atoms with E-state index >= 15 is 0 Å². The summed E-state index contributed by atoms with van der Waals surface area (Å²) in [7, 11) is 0. The van der Waals surface area contributed by atoms with Crippen LogP contribution in [0.2, 0.25) is 0 Å². The minimum Gasteiger partial charge on any atom is -0.341 e. The van der Waals surface area contributed by atoms with E-state index < -0.39 is 0 Å². The van der Waals surface area contributed by atoms with Gasteiger partial charge in [-0.25, -0.2) is 0 Å². The summed E-state index contributed by atoms with van der Waals surface area (Å²) in [5.41, 5.74) is 0. The Labute approximate surface area is 98.4 Å². The molecule has 0 atom stereocenters. The van der Waals surface area contributed by atoms with E-state index in [0.29, 0.717) is 13.5 Å². The molecule has 0 amide bonds. The van der Waals surface area contributed by atoms with Crippen molar-refractivity contribution >= 4 is 17.3 Å². The van der Waals surface area contributed by atoms with Crippen LogP contribution < -0.4 is 0 Å². The monoisotopic (exact) mass is 230 g/mol. The third-order valence-corrected chi connectivity index (χ3v) is 3.11. The summed E-state index contributed by atoms with van der Waals surface area (Å²) in [6.07, 6.45) is 4.78. The normalized spacial score (nSPS) is 17.3. The molecule has 0 aromatic carbocycles. The minimum absolute atomic E-state index is 0.668. The Morgan fingerprint density at radius 2 is 1.53 bits per heavy atom. The highest BCUT2D eigenvalue weighted by molar-refractivity contribution is 7.80. The topological polar surface area (TPSA) is 15.7 Å². The van der Waals surface area contributed by atoms with E-state index in [0.717, 1.165) is 18.2 Å². The third-order valence-electron chi connectivity index (χ3n) is 2.60. The van der Waals surface area contributed by atoms with Crippen LogP contribution in [0.4, 0.5) is 0 Å². The van der Waals surface area contributed by atoms with Crippen molar-refractivity contribution in [2.24, 2.45) is 0 Å². The van der Waals surface area contributed by atoms with Gasteiger partial charge < -0.3 is 14.5 Å². The standard InChI is InChI=1S/C11H22N2OS/c1-3-5-7-12-9-14-10-13(11(12)15)8-6-4-2/h3-10H2,1-2H3. The Kier molecular flexibility index (Phi) is 5.95. The molecule has 88 valence electrons. The fourth-order valence-electron chi connectivity index (χ4n) is 1.59. The second-order valence-electron chi connectivity index (χ2n) is 3.98. The highest BCUT2D eigenvalue weighted by Gasteiger charge is 2.20. The molecule has 0 saturated carbocycles. The molecule has 0 N–H and O–H groups in total.